The van der Waals surface area contributed by atoms with Crippen LogP contribution in [0.5, 0.6) is 11.5 Å². The zero-order valence-corrected chi connectivity index (χ0v) is 20.4. The van der Waals surface area contributed by atoms with Gasteiger partial charge >= 0.3 is 0 Å². The number of anilines is 2. The molecule has 2 fully saturated rings. The number of carbonyl (C=O) groups excluding carboxylic acids is 2. The van der Waals surface area contributed by atoms with Crippen LogP contribution >= 0.6 is 0 Å². The lowest BCUT2D eigenvalue weighted by molar-refractivity contribution is -0.122. The maximum absolute atomic E-state index is 13.0. The molecule has 0 spiro atoms. The Kier molecular flexibility index (Phi) is 6.41. The fourth-order valence-corrected chi connectivity index (χ4v) is 6.36. The van der Waals surface area contributed by atoms with Crippen LogP contribution in [0.25, 0.3) is 0 Å². The van der Waals surface area contributed by atoms with Crippen molar-refractivity contribution in [2.24, 2.45) is 5.92 Å². The molecule has 1 atom stereocenters. The predicted octanol–water partition coefficient (Wildman–Crippen LogP) is 3.36. The second-order valence-corrected chi connectivity index (χ2v) is 11.3. The quantitative estimate of drug-likeness (QED) is 0.654. The fraction of sp³-hybridized carbons (Fsp3) is 0.440. The summed E-state index contributed by atoms with van der Waals surface area (Å²) in [6.07, 6.45) is 5.11. The largest absolute Gasteiger partial charge is 0.454 e. The van der Waals surface area contributed by atoms with E-state index >= 15 is 0 Å². The number of rotatable bonds is 6. The number of nitrogens with zero attached hydrogens (tertiary/aromatic N) is 2. The van der Waals surface area contributed by atoms with Crippen molar-refractivity contribution in [3.8, 4) is 11.5 Å². The summed E-state index contributed by atoms with van der Waals surface area (Å²) in [5.74, 6) is 0.263. The van der Waals surface area contributed by atoms with E-state index in [-0.39, 0.29) is 42.5 Å². The SMILES string of the molecule is CN(C1CCCCC1)S(=O)(=O)c1ccc(NC(=O)C2CC(=O)N(c3ccc4c(c3)OCO4)C2)cc1. The number of benzene rings is 2. The summed E-state index contributed by atoms with van der Waals surface area (Å²) in [4.78, 5) is 27.2. The van der Waals surface area contributed by atoms with Crippen molar-refractivity contribution < 1.29 is 27.5 Å². The highest BCUT2D eigenvalue weighted by Crippen LogP contribution is 2.37. The summed E-state index contributed by atoms with van der Waals surface area (Å²) < 4.78 is 38.2. The van der Waals surface area contributed by atoms with Gasteiger partial charge in [0.25, 0.3) is 0 Å². The summed E-state index contributed by atoms with van der Waals surface area (Å²) in [6, 6.07) is 11.5. The molecule has 2 aromatic rings. The first-order valence-corrected chi connectivity index (χ1v) is 13.4. The summed E-state index contributed by atoms with van der Waals surface area (Å²) in [5, 5.41) is 2.82. The Morgan fingerprint density at radius 2 is 1.74 bits per heavy atom. The molecule has 1 saturated heterocycles. The zero-order chi connectivity index (χ0) is 24.6. The van der Waals surface area contributed by atoms with Crippen LogP contribution in [0.4, 0.5) is 11.4 Å². The molecule has 1 unspecified atom stereocenters. The monoisotopic (exact) mass is 499 g/mol. The molecule has 0 aromatic heterocycles. The summed E-state index contributed by atoms with van der Waals surface area (Å²) in [7, 11) is -1.96. The van der Waals surface area contributed by atoms with Gasteiger partial charge in [-0.25, -0.2) is 8.42 Å². The van der Waals surface area contributed by atoms with E-state index in [1.165, 1.54) is 16.4 Å². The van der Waals surface area contributed by atoms with Crippen molar-refractivity contribution in [2.45, 2.75) is 49.5 Å². The Bertz CT molecular complexity index is 1220. The van der Waals surface area contributed by atoms with Crippen LogP contribution in [-0.2, 0) is 19.6 Å². The van der Waals surface area contributed by atoms with E-state index in [0.717, 1.165) is 32.1 Å². The van der Waals surface area contributed by atoms with Gasteiger partial charge in [-0.15, -0.1) is 0 Å². The van der Waals surface area contributed by atoms with Gasteiger partial charge in [0.2, 0.25) is 28.6 Å². The molecule has 186 valence electrons. The van der Waals surface area contributed by atoms with Crippen LogP contribution in [0.1, 0.15) is 38.5 Å². The lowest BCUT2D eigenvalue weighted by Gasteiger charge is -2.30. The average Bonchev–Trinajstić information content (AvgIpc) is 3.50. The Balaban J connectivity index is 1.22. The minimum Gasteiger partial charge on any atom is -0.454 e. The van der Waals surface area contributed by atoms with E-state index in [9.17, 15) is 18.0 Å². The number of fused-ring (bicyclic) bond motifs is 1. The van der Waals surface area contributed by atoms with Gasteiger partial charge in [-0.1, -0.05) is 19.3 Å². The number of ether oxygens (including phenoxy) is 2. The number of amides is 2. The van der Waals surface area contributed by atoms with Crippen molar-refractivity contribution in [2.75, 3.05) is 30.6 Å². The second kappa shape index (κ2) is 9.50. The standard InChI is InChI=1S/C25H29N3O6S/c1-27(19-5-3-2-4-6-19)35(31,32)21-10-7-18(8-11-21)26-25(30)17-13-24(29)28(15-17)20-9-12-22-23(14-20)34-16-33-22/h7-12,14,17,19H,2-6,13,15-16H2,1H3,(H,26,30). The van der Waals surface area contributed by atoms with Crippen LogP contribution < -0.4 is 19.7 Å². The van der Waals surface area contributed by atoms with E-state index < -0.39 is 15.9 Å². The molecule has 2 aromatic carbocycles. The van der Waals surface area contributed by atoms with Gasteiger partial charge in [0, 0.05) is 43.5 Å². The van der Waals surface area contributed by atoms with Gasteiger partial charge < -0.3 is 19.7 Å². The van der Waals surface area contributed by atoms with Crippen LogP contribution in [0.2, 0.25) is 0 Å². The molecule has 9 nitrogen and oxygen atoms in total. The van der Waals surface area contributed by atoms with E-state index in [0.29, 0.717) is 22.9 Å². The maximum Gasteiger partial charge on any atom is 0.243 e. The maximum atomic E-state index is 13.0. The third-order valence-corrected chi connectivity index (χ3v) is 8.98. The minimum absolute atomic E-state index is 0.0285. The van der Waals surface area contributed by atoms with Crippen molar-refractivity contribution in [1.82, 2.24) is 4.31 Å². The zero-order valence-electron chi connectivity index (χ0n) is 19.6. The highest BCUT2D eigenvalue weighted by atomic mass is 32.2. The molecule has 1 N–H and O–H groups in total. The molecule has 3 aliphatic rings. The molecule has 2 amide bonds. The lowest BCUT2D eigenvalue weighted by atomic mass is 9.96. The first-order chi connectivity index (χ1) is 16.8. The molecule has 0 radical (unpaired) electrons. The third kappa shape index (κ3) is 4.72. The lowest BCUT2D eigenvalue weighted by Crippen LogP contribution is -2.38. The van der Waals surface area contributed by atoms with Crippen molar-refractivity contribution >= 4 is 33.2 Å². The first kappa shape index (κ1) is 23.6. The fourth-order valence-electron chi connectivity index (χ4n) is 4.95. The molecule has 2 heterocycles. The molecule has 5 rings (SSSR count). The van der Waals surface area contributed by atoms with E-state index in [4.69, 9.17) is 9.47 Å². The molecule has 0 bridgehead atoms. The Labute approximate surface area is 205 Å². The number of hydrogen-bond donors (Lipinski definition) is 1. The molecule has 2 aliphatic heterocycles. The van der Waals surface area contributed by atoms with Crippen LogP contribution in [0, 0.1) is 5.92 Å². The number of carbonyl (C=O) groups is 2. The van der Waals surface area contributed by atoms with Crippen molar-refractivity contribution in [1.29, 1.82) is 0 Å². The molecule has 35 heavy (non-hydrogen) atoms. The predicted molar refractivity (Wildman–Crippen MR) is 130 cm³/mol. The van der Waals surface area contributed by atoms with Crippen LogP contribution in [0.15, 0.2) is 47.4 Å². The van der Waals surface area contributed by atoms with Gasteiger partial charge in [-0.3, -0.25) is 9.59 Å². The number of hydrogen-bond acceptors (Lipinski definition) is 6. The van der Waals surface area contributed by atoms with E-state index in [2.05, 4.69) is 5.32 Å². The van der Waals surface area contributed by atoms with Gasteiger partial charge in [0.05, 0.1) is 10.8 Å². The average molecular weight is 500 g/mol. The van der Waals surface area contributed by atoms with Gasteiger partial charge in [-0.2, -0.15) is 4.31 Å². The van der Waals surface area contributed by atoms with E-state index in [1.54, 1.807) is 42.3 Å². The second-order valence-electron chi connectivity index (χ2n) is 9.27. The van der Waals surface area contributed by atoms with Crippen molar-refractivity contribution in [3.63, 3.8) is 0 Å². The van der Waals surface area contributed by atoms with Gasteiger partial charge in [0.15, 0.2) is 11.5 Å². The first-order valence-electron chi connectivity index (χ1n) is 11.9. The Hall–Kier alpha value is -3.11. The Morgan fingerprint density at radius 3 is 2.49 bits per heavy atom. The highest BCUT2D eigenvalue weighted by molar-refractivity contribution is 7.89. The number of nitrogens with one attached hydrogen (secondary N) is 1. The topological polar surface area (TPSA) is 105 Å². The van der Waals surface area contributed by atoms with Crippen LogP contribution in [-0.4, -0.2) is 51.0 Å². The molecule has 1 aliphatic carbocycles. The summed E-state index contributed by atoms with van der Waals surface area (Å²) >= 11 is 0. The van der Waals surface area contributed by atoms with E-state index in [1.807, 2.05) is 0 Å². The molecule has 1 saturated carbocycles. The summed E-state index contributed by atoms with van der Waals surface area (Å²) in [6.45, 7) is 0.400. The van der Waals surface area contributed by atoms with Gasteiger partial charge in [0.1, 0.15) is 0 Å². The third-order valence-electron chi connectivity index (χ3n) is 7.05. The van der Waals surface area contributed by atoms with Crippen molar-refractivity contribution in [3.05, 3.63) is 42.5 Å². The minimum atomic E-state index is -3.60. The molecule has 10 heteroatoms. The highest BCUT2D eigenvalue weighted by Gasteiger charge is 2.36. The van der Waals surface area contributed by atoms with Gasteiger partial charge in [-0.05, 0) is 49.2 Å². The molecular formula is C25H29N3O6S. The normalized spacial score (nSPS) is 20.5. The van der Waals surface area contributed by atoms with Crippen LogP contribution in [0.3, 0.4) is 0 Å². The summed E-state index contributed by atoms with van der Waals surface area (Å²) in [5.41, 5.74) is 1.15. The number of sulfonamides is 1. The smallest absolute Gasteiger partial charge is 0.243 e. The Morgan fingerprint density at radius 1 is 1.03 bits per heavy atom. The molecular weight excluding hydrogens is 470 g/mol.